The molecule has 4 rings (SSSR count). The van der Waals surface area contributed by atoms with E-state index in [4.69, 9.17) is 9.47 Å². The second kappa shape index (κ2) is 8.81. The fourth-order valence-electron chi connectivity index (χ4n) is 3.42. The van der Waals surface area contributed by atoms with Gasteiger partial charge in [0, 0.05) is 18.8 Å². The van der Waals surface area contributed by atoms with Gasteiger partial charge in [-0.3, -0.25) is 4.79 Å². The Labute approximate surface area is 178 Å². The molecule has 0 amide bonds. The van der Waals surface area contributed by atoms with Crippen molar-refractivity contribution in [1.82, 2.24) is 9.97 Å². The number of morpholine rings is 1. The molecule has 8 heteroatoms. The Morgan fingerprint density at radius 2 is 2.00 bits per heavy atom. The average Bonchev–Trinajstić information content (AvgIpc) is 3.10. The monoisotopic (exact) mass is 425 g/mol. The number of nitrogens with one attached hydrogen (secondary N) is 1. The highest BCUT2D eigenvalue weighted by atomic mass is 32.1. The molecule has 1 aromatic carbocycles. The van der Waals surface area contributed by atoms with Gasteiger partial charge in [-0.05, 0) is 43.2 Å². The molecule has 0 atom stereocenters. The van der Waals surface area contributed by atoms with E-state index in [9.17, 15) is 9.59 Å². The summed E-state index contributed by atoms with van der Waals surface area (Å²) >= 11 is 1.18. The summed E-state index contributed by atoms with van der Waals surface area (Å²) in [6.07, 6.45) is 3.67. The maximum Gasteiger partial charge on any atom is 0.348 e. The van der Waals surface area contributed by atoms with Crippen molar-refractivity contribution in [2.75, 3.05) is 37.8 Å². The third-order valence-electron chi connectivity index (χ3n) is 4.98. The first-order chi connectivity index (χ1) is 14.6. The van der Waals surface area contributed by atoms with Crippen LogP contribution in [0.25, 0.3) is 22.4 Å². The average molecular weight is 426 g/mol. The van der Waals surface area contributed by atoms with E-state index in [-0.39, 0.29) is 12.2 Å². The number of fused-ring (bicyclic) bond motifs is 1. The Hall–Kier alpha value is -2.97. The molecule has 3 aromatic rings. The predicted molar refractivity (Wildman–Crippen MR) is 119 cm³/mol. The second-order valence-electron chi connectivity index (χ2n) is 6.93. The van der Waals surface area contributed by atoms with Crippen molar-refractivity contribution in [2.45, 2.75) is 13.8 Å². The highest BCUT2D eigenvalue weighted by molar-refractivity contribution is 7.20. The van der Waals surface area contributed by atoms with E-state index < -0.39 is 5.97 Å². The molecular formula is C22H23N3O4S. The van der Waals surface area contributed by atoms with E-state index in [0.717, 1.165) is 31.9 Å². The van der Waals surface area contributed by atoms with Crippen molar-refractivity contribution < 1.29 is 14.3 Å². The summed E-state index contributed by atoms with van der Waals surface area (Å²) in [5, 5.41) is 0.440. The van der Waals surface area contributed by atoms with E-state index in [1.54, 1.807) is 19.9 Å². The molecule has 0 spiro atoms. The van der Waals surface area contributed by atoms with Crippen LogP contribution in [-0.2, 0) is 9.47 Å². The molecule has 2 aromatic heterocycles. The number of hydrogen-bond donors (Lipinski definition) is 1. The fraction of sp³-hybridized carbons (Fsp3) is 0.318. The number of thiophene rings is 1. The van der Waals surface area contributed by atoms with Crippen molar-refractivity contribution in [1.29, 1.82) is 0 Å². The Morgan fingerprint density at radius 3 is 2.70 bits per heavy atom. The van der Waals surface area contributed by atoms with Gasteiger partial charge in [0.1, 0.15) is 15.5 Å². The van der Waals surface area contributed by atoms with Crippen molar-refractivity contribution >= 4 is 45.4 Å². The van der Waals surface area contributed by atoms with Crippen LogP contribution in [0.5, 0.6) is 0 Å². The van der Waals surface area contributed by atoms with E-state index in [0.29, 0.717) is 26.5 Å². The molecule has 156 valence electrons. The maximum absolute atomic E-state index is 12.6. The van der Waals surface area contributed by atoms with Gasteiger partial charge < -0.3 is 19.4 Å². The van der Waals surface area contributed by atoms with Crippen LogP contribution in [0.2, 0.25) is 0 Å². The topological polar surface area (TPSA) is 84.5 Å². The molecule has 1 aliphatic rings. The minimum Gasteiger partial charge on any atom is -0.462 e. The number of anilines is 1. The first-order valence-electron chi connectivity index (χ1n) is 9.88. The van der Waals surface area contributed by atoms with Gasteiger partial charge in [0.25, 0.3) is 5.56 Å². The molecule has 1 aliphatic heterocycles. The van der Waals surface area contributed by atoms with Gasteiger partial charge in [-0.15, -0.1) is 11.3 Å². The Bertz CT molecular complexity index is 1140. The van der Waals surface area contributed by atoms with Crippen LogP contribution in [0.1, 0.15) is 33.5 Å². The maximum atomic E-state index is 12.6. The molecule has 1 N–H and O–H groups in total. The lowest BCUT2D eigenvalue weighted by Crippen LogP contribution is -2.36. The van der Waals surface area contributed by atoms with Crippen LogP contribution in [0, 0.1) is 6.92 Å². The highest BCUT2D eigenvalue weighted by Crippen LogP contribution is 2.28. The van der Waals surface area contributed by atoms with E-state index >= 15 is 0 Å². The third kappa shape index (κ3) is 4.15. The zero-order valence-electron chi connectivity index (χ0n) is 16.9. The Balaban J connectivity index is 1.56. The van der Waals surface area contributed by atoms with E-state index in [1.807, 2.05) is 18.2 Å². The number of aromatic amines is 1. The minimum absolute atomic E-state index is 0.258. The molecule has 7 nitrogen and oxygen atoms in total. The van der Waals surface area contributed by atoms with E-state index in [2.05, 4.69) is 27.0 Å². The number of benzene rings is 1. The standard InChI is InChI=1S/C22H23N3O4S/c1-3-29-22(27)19-14(2)18-20(26)23-17(24-21(18)30-19)9-6-15-4-7-16(8-5-15)25-10-12-28-13-11-25/h4-9H,3,10-13H2,1-2H3,(H,23,24,26)/b9-6+. The van der Waals surface area contributed by atoms with Gasteiger partial charge in [0.2, 0.25) is 0 Å². The van der Waals surface area contributed by atoms with Gasteiger partial charge in [0.05, 0.1) is 25.2 Å². The van der Waals surface area contributed by atoms with E-state index in [1.165, 1.54) is 17.0 Å². The second-order valence-corrected chi connectivity index (χ2v) is 7.93. The summed E-state index contributed by atoms with van der Waals surface area (Å²) in [4.78, 5) is 35.2. The lowest BCUT2D eigenvalue weighted by Gasteiger charge is -2.28. The van der Waals surface area contributed by atoms with Gasteiger partial charge in [-0.25, -0.2) is 9.78 Å². The first-order valence-corrected chi connectivity index (χ1v) is 10.7. The van der Waals surface area contributed by atoms with Crippen LogP contribution in [0.4, 0.5) is 5.69 Å². The van der Waals surface area contributed by atoms with Gasteiger partial charge >= 0.3 is 5.97 Å². The summed E-state index contributed by atoms with van der Waals surface area (Å²) in [6, 6.07) is 8.23. The number of aryl methyl sites for hydroxylation is 1. The van der Waals surface area contributed by atoms with Crippen molar-refractivity contribution in [3.63, 3.8) is 0 Å². The summed E-state index contributed by atoms with van der Waals surface area (Å²) in [5.74, 6) is 0.0243. The number of aromatic nitrogens is 2. The summed E-state index contributed by atoms with van der Waals surface area (Å²) < 4.78 is 10.5. The normalized spacial score (nSPS) is 14.5. The summed E-state index contributed by atoms with van der Waals surface area (Å²) in [5.41, 5.74) is 2.52. The van der Waals surface area contributed by atoms with Crippen LogP contribution in [0.3, 0.4) is 0 Å². The molecule has 1 fully saturated rings. The molecule has 0 bridgehead atoms. The van der Waals surface area contributed by atoms with Crippen LogP contribution >= 0.6 is 11.3 Å². The number of carbonyl (C=O) groups excluding carboxylic acids is 1. The van der Waals surface area contributed by atoms with Crippen molar-refractivity contribution in [3.8, 4) is 0 Å². The van der Waals surface area contributed by atoms with Crippen LogP contribution in [-0.4, -0.2) is 48.8 Å². The largest absolute Gasteiger partial charge is 0.462 e. The number of rotatable bonds is 5. The summed E-state index contributed by atoms with van der Waals surface area (Å²) in [6.45, 7) is 7.08. The Morgan fingerprint density at radius 1 is 1.27 bits per heavy atom. The number of nitrogens with zero attached hydrogens (tertiary/aromatic N) is 2. The number of esters is 1. The quantitative estimate of drug-likeness (QED) is 0.630. The zero-order valence-corrected chi connectivity index (χ0v) is 17.8. The molecule has 0 aliphatic carbocycles. The molecule has 30 heavy (non-hydrogen) atoms. The third-order valence-corrected chi connectivity index (χ3v) is 6.15. The first kappa shape index (κ1) is 20.3. The van der Waals surface area contributed by atoms with Gasteiger partial charge in [-0.2, -0.15) is 0 Å². The summed E-state index contributed by atoms with van der Waals surface area (Å²) in [7, 11) is 0. The smallest absolute Gasteiger partial charge is 0.348 e. The number of carbonyl (C=O) groups is 1. The SMILES string of the molecule is CCOC(=O)c1sc2nc(/C=C/c3ccc(N4CCOCC4)cc3)[nH]c(=O)c2c1C. The molecule has 0 saturated carbocycles. The van der Waals surface area contributed by atoms with Crippen LogP contribution < -0.4 is 10.5 Å². The molecule has 1 saturated heterocycles. The molecule has 0 unspecified atom stereocenters. The highest BCUT2D eigenvalue weighted by Gasteiger charge is 2.19. The minimum atomic E-state index is -0.421. The number of ether oxygens (including phenoxy) is 2. The van der Waals surface area contributed by atoms with Gasteiger partial charge in [-0.1, -0.05) is 18.2 Å². The number of H-pyrrole nitrogens is 1. The van der Waals surface area contributed by atoms with Crippen molar-refractivity contribution in [2.24, 2.45) is 0 Å². The molecule has 3 heterocycles. The number of hydrogen-bond acceptors (Lipinski definition) is 7. The van der Waals surface area contributed by atoms with Crippen molar-refractivity contribution in [3.05, 3.63) is 56.4 Å². The predicted octanol–water partition coefficient (Wildman–Crippen LogP) is 3.48. The lowest BCUT2D eigenvalue weighted by molar-refractivity contribution is 0.0531. The zero-order chi connectivity index (χ0) is 21.1. The van der Waals surface area contributed by atoms with Gasteiger partial charge in [0.15, 0.2) is 0 Å². The van der Waals surface area contributed by atoms with Crippen LogP contribution in [0.15, 0.2) is 29.1 Å². The fourth-order valence-corrected chi connectivity index (χ4v) is 4.51. The molecule has 0 radical (unpaired) electrons. The Kier molecular flexibility index (Phi) is 5.96. The lowest BCUT2D eigenvalue weighted by atomic mass is 10.1. The molecular weight excluding hydrogens is 402 g/mol.